The van der Waals surface area contributed by atoms with Crippen LogP contribution >= 0.6 is 0 Å². The first-order valence-corrected chi connectivity index (χ1v) is 10.8. The molecule has 0 radical (unpaired) electrons. The maximum atomic E-state index is 8.02. The predicted molar refractivity (Wildman–Crippen MR) is 134 cm³/mol. The summed E-state index contributed by atoms with van der Waals surface area (Å²) in [6.45, 7) is 10.4. The van der Waals surface area contributed by atoms with Crippen LogP contribution in [0.1, 0.15) is 43.0 Å². The van der Waals surface area contributed by atoms with Crippen LogP contribution in [-0.4, -0.2) is 20.7 Å². The number of para-hydroxylation sites is 1. The molecule has 0 unspecified atom stereocenters. The van der Waals surface area contributed by atoms with Crippen molar-refractivity contribution in [2.24, 2.45) is 0 Å². The molecule has 2 aromatic carbocycles. The third kappa shape index (κ3) is 4.59. The minimum absolute atomic E-state index is 0.298. The van der Waals surface area contributed by atoms with E-state index in [2.05, 4.69) is 59.5 Å². The van der Waals surface area contributed by atoms with Gasteiger partial charge in [0.05, 0.1) is 16.8 Å². The Labute approximate surface area is 189 Å². The quantitative estimate of drug-likeness (QED) is 0.344. The van der Waals surface area contributed by atoms with Gasteiger partial charge in [0, 0.05) is 23.2 Å². The average molecular weight is 427 g/mol. The van der Waals surface area contributed by atoms with Crippen molar-refractivity contribution in [3.8, 4) is 11.3 Å². The predicted octanol–water partition coefficient (Wildman–Crippen LogP) is 5.92. The number of nitrogens with one attached hydrogen (secondary N) is 2. The lowest BCUT2D eigenvalue weighted by atomic mass is 9.98. The molecule has 0 aliphatic rings. The van der Waals surface area contributed by atoms with Crippen LogP contribution in [0.2, 0.25) is 0 Å². The third-order valence-electron chi connectivity index (χ3n) is 5.22. The van der Waals surface area contributed by atoms with Crippen LogP contribution in [0.15, 0.2) is 54.9 Å². The Kier molecular flexibility index (Phi) is 7.15. The summed E-state index contributed by atoms with van der Waals surface area (Å²) in [6.07, 6.45) is 1.41. The maximum Gasteiger partial charge on any atom is 0.140 e. The van der Waals surface area contributed by atoms with Crippen LogP contribution < -0.4 is 11.1 Å². The van der Waals surface area contributed by atoms with E-state index in [1.807, 2.05) is 32.0 Å². The van der Waals surface area contributed by atoms with E-state index in [1.54, 1.807) is 6.92 Å². The zero-order valence-corrected chi connectivity index (χ0v) is 19.3. The number of hydrogen-bond donors (Lipinski definition) is 3. The molecule has 0 aliphatic carbocycles. The SMILES string of the molecule is CC.CC(=N)c1c(N)ncnc1NCc1cc2cccc(C)c2nc1-c1ccccc1C. The van der Waals surface area contributed by atoms with E-state index in [0.717, 1.165) is 33.3 Å². The van der Waals surface area contributed by atoms with Crippen molar-refractivity contribution in [1.29, 1.82) is 5.41 Å². The number of aromatic nitrogens is 3. The average Bonchev–Trinajstić information content (AvgIpc) is 2.79. The van der Waals surface area contributed by atoms with Gasteiger partial charge in [-0.2, -0.15) is 0 Å². The van der Waals surface area contributed by atoms with Crippen LogP contribution in [0.25, 0.3) is 22.2 Å². The molecule has 0 saturated carbocycles. The van der Waals surface area contributed by atoms with Crippen molar-refractivity contribution in [3.63, 3.8) is 0 Å². The van der Waals surface area contributed by atoms with E-state index in [4.69, 9.17) is 16.1 Å². The van der Waals surface area contributed by atoms with Gasteiger partial charge in [-0.15, -0.1) is 0 Å². The van der Waals surface area contributed by atoms with Gasteiger partial charge in [-0.1, -0.05) is 56.3 Å². The van der Waals surface area contributed by atoms with E-state index in [9.17, 15) is 0 Å². The van der Waals surface area contributed by atoms with Crippen molar-refractivity contribution in [1.82, 2.24) is 15.0 Å². The molecule has 4 rings (SSSR count). The molecule has 0 saturated heterocycles. The molecule has 32 heavy (non-hydrogen) atoms. The molecule has 6 nitrogen and oxygen atoms in total. The van der Waals surface area contributed by atoms with Crippen molar-refractivity contribution >= 4 is 28.3 Å². The van der Waals surface area contributed by atoms with E-state index < -0.39 is 0 Å². The zero-order valence-electron chi connectivity index (χ0n) is 19.3. The molecule has 4 aromatic rings. The van der Waals surface area contributed by atoms with E-state index in [1.165, 1.54) is 11.9 Å². The summed E-state index contributed by atoms with van der Waals surface area (Å²) >= 11 is 0. The number of fused-ring (bicyclic) bond motifs is 1. The highest BCUT2D eigenvalue weighted by molar-refractivity contribution is 6.04. The minimum atomic E-state index is 0.298. The highest BCUT2D eigenvalue weighted by Crippen LogP contribution is 2.30. The first kappa shape index (κ1) is 22.9. The van der Waals surface area contributed by atoms with Gasteiger partial charge >= 0.3 is 0 Å². The van der Waals surface area contributed by atoms with Crippen LogP contribution in [-0.2, 0) is 6.54 Å². The molecule has 164 valence electrons. The number of rotatable bonds is 5. The number of aryl methyl sites for hydroxylation is 2. The molecule has 4 N–H and O–H groups in total. The van der Waals surface area contributed by atoms with Crippen LogP contribution in [0.4, 0.5) is 11.6 Å². The van der Waals surface area contributed by atoms with Gasteiger partial charge in [-0.05, 0) is 43.5 Å². The summed E-state index contributed by atoms with van der Waals surface area (Å²) in [6, 6.07) is 16.6. The topological polar surface area (TPSA) is 101 Å². The van der Waals surface area contributed by atoms with Gasteiger partial charge in [-0.3, -0.25) is 0 Å². The summed E-state index contributed by atoms with van der Waals surface area (Å²) < 4.78 is 0. The molecule has 0 spiro atoms. The number of nitrogens with zero attached hydrogens (tertiary/aromatic N) is 3. The number of benzene rings is 2. The van der Waals surface area contributed by atoms with Gasteiger partial charge in [0.25, 0.3) is 0 Å². The van der Waals surface area contributed by atoms with Crippen LogP contribution in [0, 0.1) is 19.3 Å². The second-order valence-electron chi connectivity index (χ2n) is 7.42. The standard InChI is InChI=1S/C24H24N6.C2H6/c1-14-7-4-5-10-19(14)22-18(11-17-9-6-8-15(2)21(17)30-22)12-27-24-20(16(3)25)23(26)28-13-29-24;1-2/h4-11,13,25H,12H2,1-3H3,(H3,26,27,28,29);1-2H3. The Morgan fingerprint density at radius 2 is 1.72 bits per heavy atom. The summed E-state index contributed by atoms with van der Waals surface area (Å²) in [5.74, 6) is 0.849. The largest absolute Gasteiger partial charge is 0.383 e. The van der Waals surface area contributed by atoms with E-state index in [-0.39, 0.29) is 0 Å². The summed E-state index contributed by atoms with van der Waals surface area (Å²) in [4.78, 5) is 13.4. The molecule has 0 aliphatic heterocycles. The van der Waals surface area contributed by atoms with E-state index >= 15 is 0 Å². The number of pyridine rings is 1. The fourth-order valence-electron chi connectivity index (χ4n) is 3.68. The Hall–Kier alpha value is -3.80. The van der Waals surface area contributed by atoms with Crippen molar-refractivity contribution < 1.29 is 0 Å². The van der Waals surface area contributed by atoms with Gasteiger partial charge in [0.2, 0.25) is 0 Å². The fourth-order valence-corrected chi connectivity index (χ4v) is 3.68. The second kappa shape index (κ2) is 10.0. The summed E-state index contributed by atoms with van der Waals surface area (Å²) in [5, 5.41) is 12.5. The van der Waals surface area contributed by atoms with Crippen molar-refractivity contribution in [2.75, 3.05) is 11.1 Å². The molecule has 0 fully saturated rings. The van der Waals surface area contributed by atoms with Crippen molar-refractivity contribution in [2.45, 2.75) is 41.2 Å². The lowest BCUT2D eigenvalue weighted by molar-refractivity contribution is 1.07. The second-order valence-corrected chi connectivity index (χ2v) is 7.42. The van der Waals surface area contributed by atoms with Crippen LogP contribution in [0.3, 0.4) is 0 Å². The molecular weight excluding hydrogens is 396 g/mol. The smallest absolute Gasteiger partial charge is 0.140 e. The number of nitrogens with two attached hydrogens (primary N) is 1. The Bertz CT molecular complexity index is 1260. The highest BCUT2D eigenvalue weighted by atomic mass is 15.0. The minimum Gasteiger partial charge on any atom is -0.383 e. The Morgan fingerprint density at radius 3 is 2.44 bits per heavy atom. The molecule has 2 heterocycles. The Morgan fingerprint density at radius 1 is 1.00 bits per heavy atom. The van der Waals surface area contributed by atoms with E-state index in [0.29, 0.717) is 29.5 Å². The molecule has 0 atom stereocenters. The van der Waals surface area contributed by atoms with Crippen molar-refractivity contribution in [3.05, 3.63) is 77.1 Å². The zero-order chi connectivity index (χ0) is 23.3. The van der Waals surface area contributed by atoms with Crippen LogP contribution in [0.5, 0.6) is 0 Å². The van der Waals surface area contributed by atoms with Gasteiger partial charge in [-0.25, -0.2) is 15.0 Å². The normalized spacial score (nSPS) is 10.4. The molecular formula is C26H30N6. The highest BCUT2D eigenvalue weighted by Gasteiger charge is 2.15. The lowest BCUT2D eigenvalue weighted by Crippen LogP contribution is -2.12. The Balaban J connectivity index is 0.00000141. The first-order chi connectivity index (χ1) is 15.5. The third-order valence-corrected chi connectivity index (χ3v) is 5.22. The van der Waals surface area contributed by atoms with Gasteiger partial charge in [0.15, 0.2) is 0 Å². The summed E-state index contributed by atoms with van der Waals surface area (Å²) in [7, 11) is 0. The molecule has 0 amide bonds. The summed E-state index contributed by atoms with van der Waals surface area (Å²) in [5.41, 5.74) is 13.2. The van der Waals surface area contributed by atoms with Gasteiger partial charge < -0.3 is 16.5 Å². The molecule has 0 bridgehead atoms. The molecule has 6 heteroatoms. The lowest BCUT2D eigenvalue weighted by Gasteiger charge is -2.16. The first-order valence-electron chi connectivity index (χ1n) is 10.8. The monoisotopic (exact) mass is 426 g/mol. The van der Waals surface area contributed by atoms with Gasteiger partial charge in [0.1, 0.15) is 18.0 Å². The number of hydrogen-bond acceptors (Lipinski definition) is 6. The molecule has 2 aromatic heterocycles. The fraction of sp³-hybridized carbons (Fsp3) is 0.231. The number of anilines is 2. The number of nitrogen functional groups attached to an aromatic ring is 1. The maximum absolute atomic E-state index is 8.02.